The zero-order chi connectivity index (χ0) is 24.2. The third-order valence-electron chi connectivity index (χ3n) is 5.81. The minimum atomic E-state index is -0.145. The van der Waals surface area contributed by atoms with Gasteiger partial charge in [-0.3, -0.25) is 4.79 Å². The fourth-order valence-electron chi connectivity index (χ4n) is 4.06. The minimum Gasteiger partial charge on any atom is -0.502 e. The Hall–Kier alpha value is -4.44. The summed E-state index contributed by atoms with van der Waals surface area (Å²) >= 11 is 0. The molecule has 1 aliphatic rings. The number of carbonyl (C=O) groups excluding carboxylic acids is 1. The maximum absolute atomic E-state index is 12.7. The predicted octanol–water partition coefficient (Wildman–Crippen LogP) is 4.91. The number of rotatable bonds is 7. The van der Waals surface area contributed by atoms with Gasteiger partial charge in [-0.2, -0.15) is 5.26 Å². The number of phenolic OH excluding ortho intramolecular Hbond substituents is 1. The van der Waals surface area contributed by atoms with Crippen molar-refractivity contribution in [1.82, 2.24) is 5.32 Å². The number of amides is 1. The molecule has 172 valence electrons. The standard InChI is InChI=1S/C27H24N2O5/c1-16-21(10-18-11-24(32-2)27(31)25(12-18)33-3)20-7-6-17(14-28)9-23(20)22(16)13-26(30)29-15-19-5-4-8-34-19/h4-12,31H,13,15H2,1-3H3,(H,29,30). The van der Waals surface area contributed by atoms with Crippen LogP contribution in [-0.4, -0.2) is 25.2 Å². The molecule has 0 fully saturated rings. The van der Waals surface area contributed by atoms with E-state index in [1.165, 1.54) is 14.2 Å². The van der Waals surface area contributed by atoms with Crippen molar-refractivity contribution in [2.45, 2.75) is 19.9 Å². The predicted molar refractivity (Wildman–Crippen MR) is 128 cm³/mol. The summed E-state index contributed by atoms with van der Waals surface area (Å²) in [4.78, 5) is 12.7. The lowest BCUT2D eigenvalue weighted by molar-refractivity contribution is -0.120. The summed E-state index contributed by atoms with van der Waals surface area (Å²) in [5.74, 6) is 1.05. The molecule has 1 heterocycles. The molecule has 0 aliphatic heterocycles. The van der Waals surface area contributed by atoms with Crippen molar-refractivity contribution in [3.63, 3.8) is 0 Å². The van der Waals surface area contributed by atoms with Gasteiger partial charge in [-0.1, -0.05) is 6.07 Å². The van der Waals surface area contributed by atoms with E-state index < -0.39 is 0 Å². The van der Waals surface area contributed by atoms with Crippen LogP contribution in [-0.2, 0) is 11.3 Å². The van der Waals surface area contributed by atoms with Gasteiger partial charge >= 0.3 is 0 Å². The lowest BCUT2D eigenvalue weighted by Gasteiger charge is -2.11. The Kier molecular flexibility index (Phi) is 6.42. The Balaban J connectivity index is 1.73. The first kappa shape index (κ1) is 22.7. The number of benzene rings is 2. The second-order valence-electron chi connectivity index (χ2n) is 7.84. The third-order valence-corrected chi connectivity index (χ3v) is 5.81. The van der Waals surface area contributed by atoms with Crippen LogP contribution in [0.2, 0.25) is 0 Å². The van der Waals surface area contributed by atoms with Gasteiger partial charge in [0.05, 0.1) is 45.1 Å². The Morgan fingerprint density at radius 2 is 1.88 bits per heavy atom. The molecule has 2 aromatic carbocycles. The number of nitrogens with one attached hydrogen (secondary N) is 1. The number of carbonyl (C=O) groups is 1. The zero-order valence-electron chi connectivity index (χ0n) is 19.1. The number of ether oxygens (including phenoxy) is 2. The Bertz CT molecular complexity index is 1320. The number of fused-ring (bicyclic) bond motifs is 1. The molecule has 1 aliphatic carbocycles. The van der Waals surface area contributed by atoms with E-state index in [2.05, 4.69) is 11.4 Å². The molecule has 1 aromatic heterocycles. The third kappa shape index (κ3) is 4.39. The molecule has 0 bridgehead atoms. The number of nitrogens with zero attached hydrogens (tertiary/aromatic N) is 1. The molecule has 3 aromatic rings. The normalized spacial score (nSPS) is 13.5. The first-order valence-corrected chi connectivity index (χ1v) is 10.7. The lowest BCUT2D eigenvalue weighted by Crippen LogP contribution is -2.22. The molecule has 0 saturated carbocycles. The minimum absolute atomic E-state index is 0.0705. The maximum atomic E-state index is 12.7. The maximum Gasteiger partial charge on any atom is 0.224 e. The van der Waals surface area contributed by atoms with Crippen molar-refractivity contribution < 1.29 is 23.8 Å². The van der Waals surface area contributed by atoms with E-state index in [0.29, 0.717) is 29.4 Å². The first-order chi connectivity index (χ1) is 16.4. The van der Waals surface area contributed by atoms with Crippen LogP contribution < -0.4 is 14.8 Å². The van der Waals surface area contributed by atoms with E-state index in [9.17, 15) is 15.2 Å². The smallest absolute Gasteiger partial charge is 0.224 e. The highest BCUT2D eigenvalue weighted by Gasteiger charge is 2.26. The molecule has 4 rings (SSSR count). The Morgan fingerprint density at radius 1 is 1.15 bits per heavy atom. The number of furan rings is 1. The average Bonchev–Trinajstić information content (AvgIpc) is 3.46. The van der Waals surface area contributed by atoms with Crippen LogP contribution in [0.3, 0.4) is 0 Å². The van der Waals surface area contributed by atoms with Gasteiger partial charge in [0.1, 0.15) is 5.76 Å². The molecular weight excluding hydrogens is 432 g/mol. The quantitative estimate of drug-likeness (QED) is 0.524. The number of allylic oxidation sites excluding steroid dienone is 2. The van der Waals surface area contributed by atoms with Crippen molar-refractivity contribution in [3.8, 4) is 23.3 Å². The van der Waals surface area contributed by atoms with E-state index in [1.54, 1.807) is 36.6 Å². The van der Waals surface area contributed by atoms with Crippen molar-refractivity contribution in [2.24, 2.45) is 0 Å². The van der Waals surface area contributed by atoms with Gasteiger partial charge in [0.2, 0.25) is 11.7 Å². The molecule has 0 spiro atoms. The van der Waals surface area contributed by atoms with Crippen LogP contribution >= 0.6 is 0 Å². The lowest BCUT2D eigenvalue weighted by atomic mass is 9.98. The number of nitriles is 1. The van der Waals surface area contributed by atoms with Crippen molar-refractivity contribution in [1.29, 1.82) is 5.26 Å². The van der Waals surface area contributed by atoms with Crippen LogP contribution in [0.5, 0.6) is 17.2 Å². The van der Waals surface area contributed by atoms with Gasteiger partial charge in [0.15, 0.2) is 11.5 Å². The Morgan fingerprint density at radius 3 is 2.50 bits per heavy atom. The Labute approximate surface area is 197 Å². The first-order valence-electron chi connectivity index (χ1n) is 10.7. The van der Waals surface area contributed by atoms with Crippen molar-refractivity contribution in [2.75, 3.05) is 14.2 Å². The topological polar surface area (TPSA) is 105 Å². The number of aromatic hydroxyl groups is 1. The van der Waals surface area contributed by atoms with E-state index in [4.69, 9.17) is 13.9 Å². The molecule has 0 radical (unpaired) electrons. The van der Waals surface area contributed by atoms with Gasteiger partial charge in [0.25, 0.3) is 0 Å². The SMILES string of the molecule is COc1cc(C=C2C(C)=C(CC(=O)NCc3ccco3)c3cc(C#N)ccc32)cc(OC)c1O. The summed E-state index contributed by atoms with van der Waals surface area (Å²) in [6.07, 6.45) is 3.68. The van der Waals surface area contributed by atoms with Gasteiger partial charge < -0.3 is 24.3 Å². The van der Waals surface area contributed by atoms with Crippen LogP contribution in [0.25, 0.3) is 17.2 Å². The molecule has 7 nitrogen and oxygen atoms in total. The number of phenols is 1. The summed E-state index contributed by atoms with van der Waals surface area (Å²) in [5, 5.41) is 22.5. The van der Waals surface area contributed by atoms with E-state index >= 15 is 0 Å². The monoisotopic (exact) mass is 456 g/mol. The largest absolute Gasteiger partial charge is 0.502 e. The second kappa shape index (κ2) is 9.59. The summed E-state index contributed by atoms with van der Waals surface area (Å²) in [6, 6.07) is 14.7. The summed E-state index contributed by atoms with van der Waals surface area (Å²) in [6.45, 7) is 2.26. The molecule has 34 heavy (non-hydrogen) atoms. The fourth-order valence-corrected chi connectivity index (χ4v) is 4.06. The van der Waals surface area contributed by atoms with Crippen LogP contribution in [0.4, 0.5) is 0 Å². The van der Waals surface area contributed by atoms with Crippen molar-refractivity contribution >= 4 is 23.1 Å². The molecule has 7 heteroatoms. The van der Waals surface area contributed by atoms with Crippen LogP contribution in [0.1, 0.15) is 41.4 Å². The molecule has 0 atom stereocenters. The number of methoxy groups -OCH3 is 2. The van der Waals surface area contributed by atoms with Crippen LogP contribution in [0, 0.1) is 11.3 Å². The average molecular weight is 456 g/mol. The van der Waals surface area contributed by atoms with E-state index in [1.807, 2.05) is 25.1 Å². The van der Waals surface area contributed by atoms with Gasteiger partial charge in [0, 0.05) is 0 Å². The molecule has 1 amide bonds. The highest BCUT2D eigenvalue weighted by Crippen LogP contribution is 2.45. The highest BCUT2D eigenvalue weighted by molar-refractivity contribution is 6.08. The second-order valence-corrected chi connectivity index (χ2v) is 7.84. The fraction of sp³-hybridized carbons (Fsp3) is 0.185. The van der Waals surface area contributed by atoms with Crippen molar-refractivity contribution in [3.05, 3.63) is 82.3 Å². The molecule has 0 saturated heterocycles. The van der Waals surface area contributed by atoms with Gasteiger partial charge in [-0.05, 0) is 82.8 Å². The highest BCUT2D eigenvalue weighted by atomic mass is 16.5. The van der Waals surface area contributed by atoms with Gasteiger partial charge in [-0.25, -0.2) is 0 Å². The number of hydrogen-bond donors (Lipinski definition) is 2. The summed E-state index contributed by atoms with van der Waals surface area (Å²) in [7, 11) is 2.95. The van der Waals surface area contributed by atoms with Crippen LogP contribution in [0.15, 0.2) is 58.7 Å². The number of hydrogen-bond acceptors (Lipinski definition) is 6. The van der Waals surface area contributed by atoms with Gasteiger partial charge in [-0.15, -0.1) is 0 Å². The molecular formula is C27H24N2O5. The molecule has 0 unspecified atom stereocenters. The summed E-state index contributed by atoms with van der Waals surface area (Å²) in [5.41, 5.74) is 5.78. The zero-order valence-corrected chi connectivity index (χ0v) is 19.1. The molecule has 2 N–H and O–H groups in total. The van der Waals surface area contributed by atoms with E-state index in [0.717, 1.165) is 33.4 Å². The van der Waals surface area contributed by atoms with E-state index in [-0.39, 0.29) is 18.1 Å². The summed E-state index contributed by atoms with van der Waals surface area (Å²) < 4.78 is 15.8.